The number of phenolic OH excluding ortho intramolecular Hbond substituents is 1. The standard InChI is InChI=1S/C22H26N4O2S/c1-13-9-20(23-14-3-2-7-26(12-14)15-10-16(27)11-15)24-25-21(13)18-4-5-19-17(22(18)28)6-8-29-19/h4-6,8-9,14-16,27-28H,2-3,7,10-12H2,1H3,(H,23,24)/t14-,15?,16?/m1/s1. The number of thiophene rings is 1. The summed E-state index contributed by atoms with van der Waals surface area (Å²) in [4.78, 5) is 2.50. The van der Waals surface area contributed by atoms with E-state index in [4.69, 9.17) is 0 Å². The number of nitrogens with zero attached hydrogens (tertiary/aromatic N) is 3. The molecule has 0 radical (unpaired) electrons. The van der Waals surface area contributed by atoms with E-state index in [-0.39, 0.29) is 11.9 Å². The molecule has 0 amide bonds. The molecule has 2 aromatic heterocycles. The van der Waals surface area contributed by atoms with Gasteiger partial charge in [0.05, 0.1) is 11.8 Å². The van der Waals surface area contributed by atoms with E-state index in [0.717, 1.165) is 71.5 Å². The summed E-state index contributed by atoms with van der Waals surface area (Å²) in [5.41, 5.74) is 2.43. The average Bonchev–Trinajstić information content (AvgIpc) is 3.17. The molecule has 5 rings (SSSR count). The quantitative estimate of drug-likeness (QED) is 0.607. The molecular weight excluding hydrogens is 384 g/mol. The summed E-state index contributed by atoms with van der Waals surface area (Å²) in [6.07, 6.45) is 3.96. The van der Waals surface area contributed by atoms with E-state index >= 15 is 0 Å². The Labute approximate surface area is 174 Å². The van der Waals surface area contributed by atoms with Crippen LogP contribution in [0, 0.1) is 6.92 Å². The van der Waals surface area contributed by atoms with Crippen molar-refractivity contribution >= 4 is 27.2 Å². The summed E-state index contributed by atoms with van der Waals surface area (Å²) in [5.74, 6) is 1.05. The Bertz CT molecular complexity index is 1030. The molecule has 1 aliphatic carbocycles. The van der Waals surface area contributed by atoms with Crippen LogP contribution in [0.2, 0.25) is 0 Å². The zero-order chi connectivity index (χ0) is 20.0. The number of rotatable bonds is 4. The molecule has 1 aliphatic heterocycles. The van der Waals surface area contributed by atoms with Gasteiger partial charge in [-0.2, -0.15) is 0 Å². The van der Waals surface area contributed by atoms with E-state index in [0.29, 0.717) is 12.1 Å². The molecule has 0 unspecified atom stereocenters. The lowest BCUT2D eigenvalue weighted by molar-refractivity contribution is -0.00727. The highest BCUT2D eigenvalue weighted by molar-refractivity contribution is 7.17. The van der Waals surface area contributed by atoms with E-state index < -0.39 is 0 Å². The summed E-state index contributed by atoms with van der Waals surface area (Å²) in [6.45, 7) is 4.11. The SMILES string of the molecule is Cc1cc(N[C@@H]2CCCN(C3CC(O)C3)C2)nnc1-c1ccc2sccc2c1O. The zero-order valence-electron chi connectivity index (χ0n) is 16.5. The van der Waals surface area contributed by atoms with Crippen molar-refractivity contribution in [1.29, 1.82) is 0 Å². The van der Waals surface area contributed by atoms with Gasteiger partial charge in [-0.1, -0.05) is 0 Å². The van der Waals surface area contributed by atoms with Crippen molar-refractivity contribution in [3.63, 3.8) is 0 Å². The van der Waals surface area contributed by atoms with Crippen molar-refractivity contribution in [2.24, 2.45) is 0 Å². The zero-order valence-corrected chi connectivity index (χ0v) is 17.3. The number of aliphatic hydroxyl groups is 1. The van der Waals surface area contributed by atoms with Crippen molar-refractivity contribution < 1.29 is 10.2 Å². The Hall–Kier alpha value is -2.22. The molecule has 1 aromatic carbocycles. The number of aromatic hydroxyl groups is 1. The molecule has 1 saturated heterocycles. The van der Waals surface area contributed by atoms with Crippen molar-refractivity contribution in [3.05, 3.63) is 35.2 Å². The molecule has 1 saturated carbocycles. The number of hydrogen-bond acceptors (Lipinski definition) is 7. The number of aromatic nitrogens is 2. The molecule has 3 heterocycles. The van der Waals surface area contributed by atoms with Crippen molar-refractivity contribution in [2.75, 3.05) is 18.4 Å². The van der Waals surface area contributed by atoms with E-state index in [1.165, 1.54) is 0 Å². The van der Waals surface area contributed by atoms with Gasteiger partial charge in [0.2, 0.25) is 0 Å². The summed E-state index contributed by atoms with van der Waals surface area (Å²) in [5, 5.41) is 35.5. The Kier molecular flexibility index (Phi) is 4.89. The van der Waals surface area contributed by atoms with Crippen LogP contribution in [-0.4, -0.2) is 56.6 Å². The highest BCUT2D eigenvalue weighted by Gasteiger charge is 2.34. The lowest BCUT2D eigenvalue weighted by Crippen LogP contribution is -2.53. The van der Waals surface area contributed by atoms with Crippen LogP contribution in [0.15, 0.2) is 29.6 Å². The van der Waals surface area contributed by atoms with Crippen LogP contribution in [0.3, 0.4) is 0 Å². The van der Waals surface area contributed by atoms with Crippen LogP contribution in [0.1, 0.15) is 31.2 Å². The Morgan fingerprint density at radius 3 is 2.86 bits per heavy atom. The molecule has 0 bridgehead atoms. The number of nitrogens with one attached hydrogen (secondary N) is 1. The molecule has 29 heavy (non-hydrogen) atoms. The first kappa shape index (κ1) is 18.8. The maximum absolute atomic E-state index is 10.7. The summed E-state index contributed by atoms with van der Waals surface area (Å²) in [6, 6.07) is 8.77. The van der Waals surface area contributed by atoms with E-state index in [9.17, 15) is 10.2 Å². The molecule has 2 fully saturated rings. The first-order chi connectivity index (χ1) is 14.1. The Morgan fingerprint density at radius 2 is 2.07 bits per heavy atom. The molecule has 3 N–H and O–H groups in total. The minimum Gasteiger partial charge on any atom is -0.507 e. The van der Waals surface area contributed by atoms with Gasteiger partial charge in [0.15, 0.2) is 0 Å². The molecule has 0 spiro atoms. The van der Waals surface area contributed by atoms with Gasteiger partial charge in [-0.05, 0) is 74.4 Å². The fourth-order valence-electron chi connectivity index (χ4n) is 4.56. The van der Waals surface area contributed by atoms with Crippen LogP contribution in [0.5, 0.6) is 5.75 Å². The number of piperidine rings is 1. The van der Waals surface area contributed by atoms with E-state index in [1.807, 2.05) is 36.6 Å². The fourth-order valence-corrected chi connectivity index (χ4v) is 5.35. The maximum atomic E-state index is 10.7. The number of aryl methyl sites for hydroxylation is 1. The Balaban J connectivity index is 1.32. The van der Waals surface area contributed by atoms with Gasteiger partial charge in [-0.25, -0.2) is 0 Å². The third-order valence-electron chi connectivity index (χ3n) is 6.26. The predicted octanol–water partition coefficient (Wildman–Crippen LogP) is 3.77. The van der Waals surface area contributed by atoms with Gasteiger partial charge in [0.25, 0.3) is 0 Å². The summed E-state index contributed by atoms with van der Waals surface area (Å²) in [7, 11) is 0. The second-order valence-corrected chi connectivity index (χ2v) is 9.26. The molecule has 2 aliphatic rings. The Morgan fingerprint density at radius 1 is 1.21 bits per heavy atom. The van der Waals surface area contributed by atoms with Crippen molar-refractivity contribution in [3.8, 4) is 17.0 Å². The van der Waals surface area contributed by atoms with Crippen molar-refractivity contribution in [1.82, 2.24) is 15.1 Å². The number of anilines is 1. The van der Waals surface area contributed by atoms with Gasteiger partial charge in [0, 0.05) is 34.3 Å². The van der Waals surface area contributed by atoms with Gasteiger partial charge in [0.1, 0.15) is 11.6 Å². The fraction of sp³-hybridized carbons (Fsp3) is 0.455. The third-order valence-corrected chi connectivity index (χ3v) is 7.14. The number of benzene rings is 1. The molecular formula is C22H26N4O2S. The largest absolute Gasteiger partial charge is 0.507 e. The van der Waals surface area contributed by atoms with Crippen LogP contribution >= 0.6 is 11.3 Å². The van der Waals surface area contributed by atoms with Gasteiger partial charge < -0.3 is 15.5 Å². The van der Waals surface area contributed by atoms with Gasteiger partial charge >= 0.3 is 0 Å². The van der Waals surface area contributed by atoms with Crippen LogP contribution in [-0.2, 0) is 0 Å². The molecule has 6 nitrogen and oxygen atoms in total. The number of aliphatic hydroxyl groups excluding tert-OH is 1. The van der Waals surface area contributed by atoms with Crippen LogP contribution in [0.4, 0.5) is 5.82 Å². The summed E-state index contributed by atoms with van der Waals surface area (Å²) >= 11 is 1.62. The number of hydrogen-bond donors (Lipinski definition) is 3. The summed E-state index contributed by atoms with van der Waals surface area (Å²) < 4.78 is 1.07. The minimum atomic E-state index is -0.112. The number of phenols is 1. The smallest absolute Gasteiger partial charge is 0.149 e. The van der Waals surface area contributed by atoms with Crippen LogP contribution in [0.25, 0.3) is 21.3 Å². The van der Waals surface area contributed by atoms with E-state index in [1.54, 1.807) is 11.3 Å². The van der Waals surface area contributed by atoms with Gasteiger partial charge in [-0.3, -0.25) is 4.90 Å². The second kappa shape index (κ2) is 7.55. The molecule has 1 atom stereocenters. The first-order valence-corrected chi connectivity index (χ1v) is 11.2. The maximum Gasteiger partial charge on any atom is 0.149 e. The lowest BCUT2D eigenvalue weighted by Gasteiger charge is -2.44. The first-order valence-electron chi connectivity index (χ1n) is 10.3. The minimum absolute atomic E-state index is 0.112. The van der Waals surface area contributed by atoms with E-state index in [2.05, 4.69) is 20.4 Å². The topological polar surface area (TPSA) is 81.5 Å². The van der Waals surface area contributed by atoms with Gasteiger partial charge in [-0.15, -0.1) is 21.5 Å². The normalized spacial score (nSPS) is 25.1. The van der Waals surface area contributed by atoms with Crippen molar-refractivity contribution in [2.45, 2.75) is 50.8 Å². The highest BCUT2D eigenvalue weighted by Crippen LogP contribution is 2.38. The molecule has 152 valence electrons. The molecule has 7 heteroatoms. The lowest BCUT2D eigenvalue weighted by atomic mass is 9.86. The highest BCUT2D eigenvalue weighted by atomic mass is 32.1. The van der Waals surface area contributed by atoms with Crippen LogP contribution < -0.4 is 5.32 Å². The third kappa shape index (κ3) is 3.58. The molecule has 3 aromatic rings. The second-order valence-electron chi connectivity index (χ2n) is 8.31. The number of likely N-dealkylation sites (tertiary alicyclic amines) is 1. The average molecular weight is 411 g/mol. The predicted molar refractivity (Wildman–Crippen MR) is 116 cm³/mol. The number of fused-ring (bicyclic) bond motifs is 1. The monoisotopic (exact) mass is 410 g/mol.